The molecule has 3 rings (SSSR count). The van der Waals surface area contributed by atoms with Gasteiger partial charge in [-0.05, 0) is 67.8 Å². The van der Waals surface area contributed by atoms with Crippen molar-refractivity contribution >= 4 is 33.2 Å². The highest BCUT2D eigenvalue weighted by Crippen LogP contribution is 2.24. The third-order valence-electron chi connectivity index (χ3n) is 4.91. The first kappa shape index (κ1) is 23.8. The van der Waals surface area contributed by atoms with Crippen LogP contribution in [-0.2, 0) is 21.2 Å². The Morgan fingerprint density at radius 3 is 2.31 bits per heavy atom. The van der Waals surface area contributed by atoms with E-state index in [2.05, 4.69) is 5.32 Å². The average molecular weight is 475 g/mol. The van der Waals surface area contributed by atoms with Crippen LogP contribution in [0.3, 0.4) is 0 Å². The standard InChI is InChI=1S/C24H24ClFN2O3S/c1-18-8-14-22(15-9-18)32(30,31)28(21-12-10-20(26)11-13-21)17-24(29)27-16-4-6-19-5-2-3-7-23(19)25/h2-3,5,7-15H,4,6,16-17H2,1H3,(H,27,29). The van der Waals surface area contributed by atoms with Crippen LogP contribution in [-0.4, -0.2) is 27.4 Å². The Morgan fingerprint density at radius 1 is 1.00 bits per heavy atom. The minimum atomic E-state index is -4.03. The third kappa shape index (κ3) is 6.08. The summed E-state index contributed by atoms with van der Waals surface area (Å²) in [4.78, 5) is 12.6. The van der Waals surface area contributed by atoms with Crippen LogP contribution in [0.4, 0.5) is 10.1 Å². The van der Waals surface area contributed by atoms with Gasteiger partial charge in [-0.15, -0.1) is 0 Å². The molecule has 0 radical (unpaired) electrons. The second-order valence-corrected chi connectivity index (χ2v) is 9.62. The summed E-state index contributed by atoms with van der Waals surface area (Å²) in [6, 6.07) is 18.8. The van der Waals surface area contributed by atoms with E-state index >= 15 is 0 Å². The van der Waals surface area contributed by atoms with Gasteiger partial charge in [0.25, 0.3) is 10.0 Å². The summed E-state index contributed by atoms with van der Waals surface area (Å²) >= 11 is 6.14. The van der Waals surface area contributed by atoms with Gasteiger partial charge in [0.05, 0.1) is 10.6 Å². The number of halogens is 2. The van der Waals surface area contributed by atoms with Crippen molar-refractivity contribution < 1.29 is 17.6 Å². The summed E-state index contributed by atoms with van der Waals surface area (Å²) in [6.07, 6.45) is 1.33. The lowest BCUT2D eigenvalue weighted by atomic mass is 10.1. The van der Waals surface area contributed by atoms with Gasteiger partial charge in [-0.2, -0.15) is 0 Å². The van der Waals surface area contributed by atoms with Crippen molar-refractivity contribution in [1.29, 1.82) is 0 Å². The maximum atomic E-state index is 13.4. The maximum Gasteiger partial charge on any atom is 0.264 e. The van der Waals surface area contributed by atoms with Gasteiger partial charge in [0, 0.05) is 11.6 Å². The summed E-state index contributed by atoms with van der Waals surface area (Å²) in [7, 11) is -4.03. The summed E-state index contributed by atoms with van der Waals surface area (Å²) in [5.41, 5.74) is 2.10. The van der Waals surface area contributed by atoms with Crippen LogP contribution < -0.4 is 9.62 Å². The van der Waals surface area contributed by atoms with E-state index in [1.807, 2.05) is 31.2 Å². The van der Waals surface area contributed by atoms with Crippen LogP contribution in [0.2, 0.25) is 5.02 Å². The number of sulfonamides is 1. The molecule has 1 N–H and O–H groups in total. The average Bonchev–Trinajstić information content (AvgIpc) is 2.77. The van der Waals surface area contributed by atoms with Crippen molar-refractivity contribution in [2.75, 3.05) is 17.4 Å². The van der Waals surface area contributed by atoms with E-state index in [0.717, 1.165) is 27.6 Å². The molecule has 0 atom stereocenters. The summed E-state index contributed by atoms with van der Waals surface area (Å²) in [5, 5.41) is 3.43. The molecule has 3 aromatic carbocycles. The monoisotopic (exact) mass is 474 g/mol. The van der Waals surface area contributed by atoms with Gasteiger partial charge in [0.2, 0.25) is 5.91 Å². The van der Waals surface area contributed by atoms with E-state index in [1.54, 1.807) is 12.1 Å². The number of hydrogen-bond donors (Lipinski definition) is 1. The first-order valence-corrected chi connectivity index (χ1v) is 11.9. The quantitative estimate of drug-likeness (QED) is 0.456. The highest BCUT2D eigenvalue weighted by molar-refractivity contribution is 7.92. The van der Waals surface area contributed by atoms with Crippen LogP contribution in [0.15, 0.2) is 77.7 Å². The van der Waals surface area contributed by atoms with Crippen LogP contribution in [0, 0.1) is 12.7 Å². The van der Waals surface area contributed by atoms with E-state index < -0.39 is 28.3 Å². The molecule has 0 aromatic heterocycles. The lowest BCUT2D eigenvalue weighted by molar-refractivity contribution is -0.119. The number of carbonyl (C=O) groups is 1. The molecule has 0 unspecified atom stereocenters. The zero-order chi connectivity index (χ0) is 23.1. The number of hydrogen-bond acceptors (Lipinski definition) is 3. The Hall–Kier alpha value is -2.90. The molecule has 5 nitrogen and oxygen atoms in total. The molecule has 0 heterocycles. The van der Waals surface area contributed by atoms with Crippen LogP contribution in [0.25, 0.3) is 0 Å². The molecule has 0 saturated heterocycles. The van der Waals surface area contributed by atoms with E-state index in [0.29, 0.717) is 24.4 Å². The molecule has 0 aliphatic rings. The predicted octanol–water partition coefficient (Wildman–Crippen LogP) is 4.73. The first-order chi connectivity index (χ1) is 15.3. The minimum Gasteiger partial charge on any atom is -0.355 e. The van der Waals surface area contributed by atoms with Gasteiger partial charge in [-0.25, -0.2) is 12.8 Å². The van der Waals surface area contributed by atoms with Crippen molar-refractivity contribution in [3.8, 4) is 0 Å². The van der Waals surface area contributed by atoms with E-state index in [9.17, 15) is 17.6 Å². The van der Waals surface area contributed by atoms with Crippen molar-refractivity contribution in [3.05, 3.63) is 94.8 Å². The number of amides is 1. The molecular formula is C24H24ClFN2O3S. The highest BCUT2D eigenvalue weighted by atomic mass is 35.5. The number of anilines is 1. The van der Waals surface area contributed by atoms with Crippen LogP contribution >= 0.6 is 11.6 Å². The van der Waals surface area contributed by atoms with E-state index in [1.165, 1.54) is 24.3 Å². The van der Waals surface area contributed by atoms with Crippen molar-refractivity contribution in [3.63, 3.8) is 0 Å². The topological polar surface area (TPSA) is 66.5 Å². The fourth-order valence-electron chi connectivity index (χ4n) is 3.15. The molecular weight excluding hydrogens is 451 g/mol. The molecule has 0 aliphatic carbocycles. The molecule has 0 spiro atoms. The van der Waals surface area contributed by atoms with Crippen molar-refractivity contribution in [2.45, 2.75) is 24.7 Å². The van der Waals surface area contributed by atoms with Gasteiger partial charge in [0.15, 0.2) is 0 Å². The second kappa shape index (κ2) is 10.6. The van der Waals surface area contributed by atoms with E-state index in [4.69, 9.17) is 11.6 Å². The van der Waals surface area contributed by atoms with Gasteiger partial charge >= 0.3 is 0 Å². The summed E-state index contributed by atoms with van der Waals surface area (Å²) < 4.78 is 40.9. The largest absolute Gasteiger partial charge is 0.355 e. The Balaban J connectivity index is 1.71. The Morgan fingerprint density at radius 2 is 1.66 bits per heavy atom. The lowest BCUT2D eigenvalue weighted by Crippen LogP contribution is -2.41. The molecule has 0 saturated carbocycles. The summed E-state index contributed by atoms with van der Waals surface area (Å²) in [5.74, 6) is -0.949. The zero-order valence-corrected chi connectivity index (χ0v) is 19.2. The molecule has 3 aromatic rings. The molecule has 1 amide bonds. The van der Waals surface area contributed by atoms with Crippen molar-refractivity contribution in [2.24, 2.45) is 0 Å². The van der Waals surface area contributed by atoms with Gasteiger partial charge < -0.3 is 5.32 Å². The fraction of sp³-hybridized carbons (Fsp3) is 0.208. The van der Waals surface area contributed by atoms with Gasteiger partial charge in [-0.3, -0.25) is 9.10 Å². The van der Waals surface area contributed by atoms with E-state index in [-0.39, 0.29) is 10.6 Å². The lowest BCUT2D eigenvalue weighted by Gasteiger charge is -2.24. The number of carbonyl (C=O) groups excluding carboxylic acids is 1. The molecule has 32 heavy (non-hydrogen) atoms. The number of rotatable bonds is 9. The maximum absolute atomic E-state index is 13.4. The highest BCUT2D eigenvalue weighted by Gasteiger charge is 2.27. The molecule has 0 bridgehead atoms. The smallest absolute Gasteiger partial charge is 0.264 e. The second-order valence-electron chi connectivity index (χ2n) is 7.35. The molecule has 8 heteroatoms. The molecule has 0 fully saturated rings. The summed E-state index contributed by atoms with van der Waals surface area (Å²) in [6.45, 7) is 1.80. The van der Waals surface area contributed by atoms with Gasteiger partial charge in [0.1, 0.15) is 12.4 Å². The number of nitrogens with one attached hydrogen (secondary N) is 1. The minimum absolute atomic E-state index is 0.0546. The SMILES string of the molecule is Cc1ccc(S(=O)(=O)N(CC(=O)NCCCc2ccccc2Cl)c2ccc(F)cc2)cc1. The van der Waals surface area contributed by atoms with Gasteiger partial charge in [-0.1, -0.05) is 47.5 Å². The fourth-order valence-corrected chi connectivity index (χ4v) is 4.81. The Labute approximate surface area is 192 Å². The number of aryl methyl sites for hydroxylation is 2. The normalized spacial score (nSPS) is 11.2. The van der Waals surface area contributed by atoms with Crippen LogP contribution in [0.5, 0.6) is 0 Å². The number of benzene rings is 3. The van der Waals surface area contributed by atoms with Crippen LogP contribution in [0.1, 0.15) is 17.5 Å². The Kier molecular flexibility index (Phi) is 7.88. The first-order valence-electron chi connectivity index (χ1n) is 10.1. The zero-order valence-electron chi connectivity index (χ0n) is 17.6. The van der Waals surface area contributed by atoms with Crippen molar-refractivity contribution in [1.82, 2.24) is 5.32 Å². The Bertz CT molecular complexity index is 1170. The third-order valence-corrected chi connectivity index (χ3v) is 7.07. The molecule has 168 valence electrons. The number of nitrogens with zero attached hydrogens (tertiary/aromatic N) is 1. The predicted molar refractivity (Wildman–Crippen MR) is 125 cm³/mol. The molecule has 0 aliphatic heterocycles.